The smallest absolute Gasteiger partial charge is 0.192 e. The van der Waals surface area contributed by atoms with Crippen molar-refractivity contribution in [3.8, 4) is 0 Å². The summed E-state index contributed by atoms with van der Waals surface area (Å²) >= 11 is 2.03. The van der Waals surface area contributed by atoms with Crippen molar-refractivity contribution < 1.29 is 4.43 Å². The molecule has 2 atom stereocenters. The van der Waals surface area contributed by atoms with Crippen LogP contribution >= 0.6 is 11.8 Å². The van der Waals surface area contributed by atoms with Crippen LogP contribution in [0.5, 0.6) is 0 Å². The minimum Gasteiger partial charge on any atom is -0.410 e. The van der Waals surface area contributed by atoms with Crippen molar-refractivity contribution >= 4 is 26.2 Å². The first-order valence-electron chi connectivity index (χ1n) is 11.3. The Morgan fingerprint density at radius 3 is 2.31 bits per heavy atom. The van der Waals surface area contributed by atoms with Crippen LogP contribution in [0.4, 0.5) is 0 Å². The highest BCUT2D eigenvalue weighted by atomic mass is 32.2. The molecule has 0 N–H and O–H groups in total. The molecule has 0 aliphatic rings. The van der Waals surface area contributed by atoms with Crippen molar-refractivity contribution in [2.75, 3.05) is 5.75 Å². The third kappa shape index (κ3) is 9.27. The third-order valence-corrected chi connectivity index (χ3v) is 11.9. The monoisotopic (exact) mass is 432 g/mol. The van der Waals surface area contributed by atoms with Crippen LogP contribution in [-0.2, 0) is 4.43 Å². The number of thioether (sulfide) groups is 1. The topological polar surface area (TPSA) is 9.23 Å². The maximum absolute atomic E-state index is 6.91. The molecule has 0 radical (unpaired) electrons. The van der Waals surface area contributed by atoms with Crippen molar-refractivity contribution in [1.82, 2.24) is 0 Å². The normalized spacial score (nSPS) is 15.7. The van der Waals surface area contributed by atoms with Gasteiger partial charge < -0.3 is 4.43 Å². The largest absolute Gasteiger partial charge is 0.410 e. The van der Waals surface area contributed by atoms with Crippen LogP contribution in [0.15, 0.2) is 47.4 Å². The number of allylic oxidation sites excluding steroid dienone is 1. The van der Waals surface area contributed by atoms with E-state index >= 15 is 0 Å². The van der Waals surface area contributed by atoms with Crippen LogP contribution in [0.2, 0.25) is 18.1 Å². The maximum Gasteiger partial charge on any atom is 0.192 e. The second-order valence-corrected chi connectivity index (χ2v) is 15.4. The summed E-state index contributed by atoms with van der Waals surface area (Å²) in [7, 11) is -1.86. The fraction of sp³-hybridized carbons (Fsp3) is 0.615. The number of hydrogen-bond acceptors (Lipinski definition) is 2. The predicted molar refractivity (Wildman–Crippen MR) is 137 cm³/mol. The van der Waals surface area contributed by atoms with Gasteiger partial charge >= 0.3 is 0 Å². The Hall–Kier alpha value is -0.773. The Morgan fingerprint density at radius 1 is 1.10 bits per heavy atom. The van der Waals surface area contributed by atoms with Gasteiger partial charge in [0, 0.05) is 5.92 Å². The molecule has 0 aromatic heterocycles. The van der Waals surface area contributed by atoms with E-state index in [0.29, 0.717) is 5.92 Å². The Bertz CT molecular complexity index is 628. The minimum absolute atomic E-state index is 0.102. The molecule has 164 valence electrons. The number of rotatable bonds is 12. The van der Waals surface area contributed by atoms with Crippen LogP contribution in [-0.4, -0.2) is 20.2 Å². The van der Waals surface area contributed by atoms with Gasteiger partial charge in [-0.3, -0.25) is 0 Å². The Morgan fingerprint density at radius 2 is 1.76 bits per heavy atom. The molecule has 1 rings (SSSR count). The fourth-order valence-corrected chi connectivity index (χ4v) is 5.42. The molecule has 0 bridgehead atoms. The van der Waals surface area contributed by atoms with E-state index < -0.39 is 8.32 Å². The predicted octanol–water partition coefficient (Wildman–Crippen LogP) is 8.94. The van der Waals surface area contributed by atoms with Crippen LogP contribution in [0, 0.1) is 5.92 Å². The highest BCUT2D eigenvalue weighted by Crippen LogP contribution is 2.40. The van der Waals surface area contributed by atoms with Gasteiger partial charge in [0.05, 0.1) is 6.10 Å². The summed E-state index contributed by atoms with van der Waals surface area (Å²) in [6.07, 6.45) is 12.2. The molecule has 0 amide bonds. The van der Waals surface area contributed by atoms with Crippen LogP contribution in [0.25, 0.3) is 6.08 Å². The zero-order valence-corrected chi connectivity index (χ0v) is 21.9. The first-order valence-corrected chi connectivity index (χ1v) is 15.2. The summed E-state index contributed by atoms with van der Waals surface area (Å²) in [5, 5.41) is 0.203. The molecule has 0 aliphatic heterocycles. The van der Waals surface area contributed by atoms with Crippen molar-refractivity contribution in [3.63, 3.8) is 0 Å². The lowest BCUT2D eigenvalue weighted by molar-refractivity contribution is 0.189. The standard InChI is InChI=1S/C26H44OSSi/c1-9-11-12-16-21-28-25(10-2)22(3)24(27-29(7,8)26(4,5)6)20-19-23-17-14-13-15-18-23/h10,13-15,17-20,22,24H,9,11-12,16,21H2,1-8H3/b20-19+,25-10-/t22-,24-/m1/s1. The van der Waals surface area contributed by atoms with Gasteiger partial charge in [-0.15, -0.1) is 11.8 Å². The summed E-state index contributed by atoms with van der Waals surface area (Å²) in [6, 6.07) is 10.6. The minimum atomic E-state index is -1.86. The van der Waals surface area contributed by atoms with E-state index in [9.17, 15) is 0 Å². The van der Waals surface area contributed by atoms with Gasteiger partial charge in [0.15, 0.2) is 8.32 Å². The Balaban J connectivity index is 2.97. The first-order chi connectivity index (χ1) is 13.6. The second-order valence-electron chi connectivity index (χ2n) is 9.50. The third-order valence-electron chi connectivity index (χ3n) is 6.01. The molecule has 0 unspecified atom stereocenters. The lowest BCUT2D eigenvalue weighted by Gasteiger charge is -2.40. The molecule has 1 aromatic rings. The summed E-state index contributed by atoms with van der Waals surface area (Å²) in [6.45, 7) is 18.5. The summed E-state index contributed by atoms with van der Waals surface area (Å²) in [5.74, 6) is 1.57. The molecule has 0 fully saturated rings. The highest BCUT2D eigenvalue weighted by molar-refractivity contribution is 8.03. The van der Waals surface area contributed by atoms with Gasteiger partial charge in [-0.2, -0.15) is 0 Å². The van der Waals surface area contributed by atoms with Gasteiger partial charge in [-0.05, 0) is 47.7 Å². The number of benzene rings is 1. The fourth-order valence-electron chi connectivity index (χ4n) is 2.95. The van der Waals surface area contributed by atoms with E-state index in [1.54, 1.807) is 0 Å². The van der Waals surface area contributed by atoms with Crippen LogP contribution < -0.4 is 0 Å². The molecule has 0 heterocycles. The average Bonchev–Trinajstić information content (AvgIpc) is 2.67. The molecular formula is C26H44OSSi. The zero-order chi connectivity index (χ0) is 21.9. The maximum atomic E-state index is 6.91. The molecule has 1 aromatic carbocycles. The summed E-state index contributed by atoms with van der Waals surface area (Å²) in [5.41, 5.74) is 1.23. The van der Waals surface area contributed by atoms with E-state index in [4.69, 9.17) is 4.43 Å². The average molecular weight is 433 g/mol. The van der Waals surface area contributed by atoms with E-state index in [0.717, 1.165) is 0 Å². The van der Waals surface area contributed by atoms with Gasteiger partial charge in [0.25, 0.3) is 0 Å². The quantitative estimate of drug-likeness (QED) is 0.241. The van der Waals surface area contributed by atoms with Crippen LogP contribution in [0.3, 0.4) is 0 Å². The molecule has 29 heavy (non-hydrogen) atoms. The van der Waals surface area contributed by atoms with E-state index in [1.165, 1.54) is 41.9 Å². The highest BCUT2D eigenvalue weighted by Gasteiger charge is 2.40. The zero-order valence-electron chi connectivity index (χ0n) is 20.1. The summed E-state index contributed by atoms with van der Waals surface area (Å²) < 4.78 is 6.91. The molecule has 0 saturated heterocycles. The van der Waals surface area contributed by atoms with Crippen molar-refractivity contribution in [1.29, 1.82) is 0 Å². The summed E-state index contributed by atoms with van der Waals surface area (Å²) in [4.78, 5) is 1.46. The lowest BCUT2D eigenvalue weighted by Crippen LogP contribution is -2.45. The van der Waals surface area contributed by atoms with E-state index in [2.05, 4.69) is 103 Å². The van der Waals surface area contributed by atoms with Gasteiger partial charge in [0.2, 0.25) is 0 Å². The molecule has 0 spiro atoms. The Labute approximate surface area is 186 Å². The first kappa shape index (κ1) is 26.3. The van der Waals surface area contributed by atoms with E-state index in [-0.39, 0.29) is 11.1 Å². The Kier molecular flexibility index (Phi) is 11.6. The van der Waals surface area contributed by atoms with Crippen molar-refractivity contribution in [2.24, 2.45) is 5.92 Å². The van der Waals surface area contributed by atoms with Crippen molar-refractivity contribution in [3.05, 3.63) is 53.0 Å². The molecule has 0 aliphatic carbocycles. The van der Waals surface area contributed by atoms with Crippen LogP contribution in [0.1, 0.15) is 72.8 Å². The van der Waals surface area contributed by atoms with Gasteiger partial charge in [0.1, 0.15) is 0 Å². The molecule has 3 heteroatoms. The SMILES string of the molecule is C/C=C(\SCCCCCC)[C@H](C)[C@@H](/C=C/c1ccccc1)O[Si](C)(C)C(C)(C)C. The molecular weight excluding hydrogens is 388 g/mol. The number of unbranched alkanes of at least 4 members (excludes halogenated alkanes) is 3. The number of hydrogen-bond donors (Lipinski definition) is 0. The lowest BCUT2D eigenvalue weighted by atomic mass is 10.0. The van der Waals surface area contributed by atoms with Gasteiger partial charge in [-0.1, -0.05) is 102 Å². The molecule has 0 saturated carbocycles. The van der Waals surface area contributed by atoms with Gasteiger partial charge in [-0.25, -0.2) is 0 Å². The van der Waals surface area contributed by atoms with E-state index in [1.807, 2.05) is 11.8 Å². The molecule has 1 nitrogen and oxygen atoms in total. The second kappa shape index (κ2) is 12.8. The van der Waals surface area contributed by atoms with Crippen molar-refractivity contribution in [2.45, 2.75) is 91.5 Å².